The van der Waals surface area contributed by atoms with Crippen molar-refractivity contribution in [1.82, 2.24) is 0 Å². The van der Waals surface area contributed by atoms with Gasteiger partial charge in [-0.1, -0.05) is 38.8 Å². The van der Waals surface area contributed by atoms with Crippen LogP contribution >= 0.6 is 0 Å². The van der Waals surface area contributed by atoms with Crippen LogP contribution in [-0.2, 0) is 28.5 Å². The monoisotopic (exact) mass is 924 g/mol. The number of furan rings is 1. The molecule has 0 aliphatic carbocycles. The van der Waals surface area contributed by atoms with E-state index in [-0.39, 0.29) is 40.6 Å². The first kappa shape index (κ1) is 52.5. The fourth-order valence-corrected chi connectivity index (χ4v) is 6.26. The summed E-state index contributed by atoms with van der Waals surface area (Å²) in [6.07, 6.45) is 15.0. The van der Waals surface area contributed by atoms with E-state index in [1.807, 2.05) is 0 Å². The Labute approximate surface area is 391 Å². The quantitative estimate of drug-likeness (QED) is 0.0144. The molecular formula is C52H60O15. The van der Waals surface area contributed by atoms with Crippen LogP contribution in [0.1, 0.15) is 132 Å². The van der Waals surface area contributed by atoms with Gasteiger partial charge >= 0.3 is 35.8 Å². The number of benzene rings is 3. The number of rotatable bonds is 33. The van der Waals surface area contributed by atoms with Crippen molar-refractivity contribution in [1.29, 1.82) is 0 Å². The number of unbranched alkanes of at least 4 members (excludes halogenated alkanes) is 11. The van der Waals surface area contributed by atoms with Gasteiger partial charge in [0.25, 0.3) is 0 Å². The molecule has 0 saturated heterocycles. The van der Waals surface area contributed by atoms with Crippen LogP contribution < -0.4 is 18.9 Å². The van der Waals surface area contributed by atoms with Crippen molar-refractivity contribution in [3.63, 3.8) is 0 Å². The average Bonchev–Trinajstić information content (AvgIpc) is 3.90. The van der Waals surface area contributed by atoms with E-state index in [2.05, 4.69) is 13.2 Å². The number of carbonyl (C=O) groups excluding carboxylic acids is 6. The van der Waals surface area contributed by atoms with Gasteiger partial charge in [-0.05, 0) is 143 Å². The Hall–Kier alpha value is -7.16. The Kier molecular flexibility index (Phi) is 24.2. The third-order valence-electron chi connectivity index (χ3n) is 9.93. The molecule has 15 nitrogen and oxygen atoms in total. The van der Waals surface area contributed by atoms with Crippen LogP contribution in [0.2, 0.25) is 0 Å². The van der Waals surface area contributed by atoms with Crippen LogP contribution in [0.15, 0.2) is 115 Å². The van der Waals surface area contributed by atoms with E-state index < -0.39 is 35.8 Å². The first-order valence-corrected chi connectivity index (χ1v) is 22.7. The van der Waals surface area contributed by atoms with E-state index in [0.717, 1.165) is 89.2 Å². The summed E-state index contributed by atoms with van der Waals surface area (Å²) in [6, 6.07) is 20.1. The van der Waals surface area contributed by atoms with Crippen molar-refractivity contribution in [2.75, 3.05) is 39.6 Å². The Balaban J connectivity index is 1.27. The van der Waals surface area contributed by atoms with Gasteiger partial charge in [0.05, 0.1) is 57.0 Å². The summed E-state index contributed by atoms with van der Waals surface area (Å²) in [4.78, 5) is 74.1. The second kappa shape index (κ2) is 30.9. The zero-order chi connectivity index (χ0) is 47.9. The number of hydrogen-bond acceptors (Lipinski definition) is 15. The smallest absolute Gasteiger partial charge is 0.374 e. The van der Waals surface area contributed by atoms with Crippen molar-refractivity contribution in [3.8, 4) is 23.0 Å². The lowest BCUT2D eigenvalue weighted by Crippen LogP contribution is -2.14. The molecule has 0 bridgehead atoms. The van der Waals surface area contributed by atoms with Gasteiger partial charge in [0, 0.05) is 12.2 Å². The summed E-state index contributed by atoms with van der Waals surface area (Å²) in [6.45, 7) is 8.77. The van der Waals surface area contributed by atoms with Crippen molar-refractivity contribution in [2.45, 2.75) is 89.9 Å². The molecule has 67 heavy (non-hydrogen) atoms. The Morgan fingerprint density at radius 2 is 0.851 bits per heavy atom. The van der Waals surface area contributed by atoms with Crippen molar-refractivity contribution >= 4 is 35.8 Å². The molecule has 0 saturated carbocycles. The fourth-order valence-electron chi connectivity index (χ4n) is 6.26. The molecule has 0 fully saturated rings. The molecule has 1 heterocycles. The lowest BCUT2D eigenvalue weighted by atomic mass is 10.1. The van der Waals surface area contributed by atoms with Crippen LogP contribution in [0.3, 0.4) is 0 Å². The minimum atomic E-state index is -0.766. The van der Waals surface area contributed by atoms with E-state index >= 15 is 0 Å². The number of hydrogen-bond donors (Lipinski definition) is 0. The predicted molar refractivity (Wildman–Crippen MR) is 246 cm³/mol. The Bertz CT molecular complexity index is 2160. The van der Waals surface area contributed by atoms with E-state index in [9.17, 15) is 28.8 Å². The standard InChI is InChI=1S/C52H60O15/c1-3-47(53)62-33-15-11-9-13-31-59-41-25-21-39(22-26-41)49(55)66-43-29-30-45(67-50(56)40-23-27-42(28-24-40)60-32-14-10-12-16-34-63-48(54)4-2)44(38-43)51(57)64-35-17-7-5-6-8-18-36-65-52(58)46-20-19-37-61-46/h3-4,19-30,37-38H,1-2,5-18,31-36H2. The minimum Gasteiger partial charge on any atom is -0.494 e. The molecule has 0 N–H and O–H groups in total. The molecule has 15 heteroatoms. The fraction of sp³-hybridized carbons (Fsp3) is 0.385. The van der Waals surface area contributed by atoms with Crippen molar-refractivity contribution in [2.24, 2.45) is 0 Å². The first-order valence-electron chi connectivity index (χ1n) is 22.7. The Morgan fingerprint density at radius 3 is 1.31 bits per heavy atom. The summed E-state index contributed by atoms with van der Waals surface area (Å²) in [5.41, 5.74) is 0.346. The van der Waals surface area contributed by atoms with Crippen LogP contribution in [0.4, 0.5) is 0 Å². The van der Waals surface area contributed by atoms with Gasteiger partial charge in [0.1, 0.15) is 28.6 Å². The molecule has 0 aliphatic rings. The highest BCUT2D eigenvalue weighted by Gasteiger charge is 2.21. The third-order valence-corrected chi connectivity index (χ3v) is 9.93. The SMILES string of the molecule is C=CC(=O)OCCCCCCOc1ccc(C(=O)Oc2ccc(OC(=O)c3ccc(OCCCCCCOC(=O)C=C)cc3)c(C(=O)OCCCCCCCCOC(=O)c3ccco3)c2)cc1. The maximum atomic E-state index is 13.5. The molecule has 0 amide bonds. The normalized spacial score (nSPS) is 10.6. The van der Waals surface area contributed by atoms with E-state index in [4.69, 9.17) is 42.3 Å². The molecule has 3 aromatic carbocycles. The van der Waals surface area contributed by atoms with E-state index in [1.54, 1.807) is 60.7 Å². The maximum Gasteiger partial charge on any atom is 0.374 e. The molecule has 0 spiro atoms. The molecule has 0 radical (unpaired) electrons. The van der Waals surface area contributed by atoms with Gasteiger partial charge in [0.15, 0.2) is 0 Å². The van der Waals surface area contributed by atoms with Gasteiger partial charge < -0.3 is 42.3 Å². The highest BCUT2D eigenvalue weighted by atomic mass is 16.6. The highest BCUT2D eigenvalue weighted by molar-refractivity contribution is 5.97. The summed E-state index contributed by atoms with van der Waals surface area (Å²) in [7, 11) is 0. The topological polar surface area (TPSA) is 189 Å². The summed E-state index contributed by atoms with van der Waals surface area (Å²) in [5.74, 6) is -2.27. The van der Waals surface area contributed by atoms with Crippen LogP contribution in [0.5, 0.6) is 23.0 Å². The molecule has 4 aromatic rings. The van der Waals surface area contributed by atoms with Gasteiger partial charge in [-0.15, -0.1) is 0 Å². The second-order valence-corrected chi connectivity index (χ2v) is 15.1. The van der Waals surface area contributed by atoms with Crippen molar-refractivity contribution < 1.29 is 71.1 Å². The van der Waals surface area contributed by atoms with Crippen LogP contribution in [0, 0.1) is 0 Å². The van der Waals surface area contributed by atoms with Crippen LogP contribution in [0.25, 0.3) is 0 Å². The average molecular weight is 925 g/mol. The molecule has 4 rings (SSSR count). The maximum absolute atomic E-state index is 13.5. The second-order valence-electron chi connectivity index (χ2n) is 15.1. The van der Waals surface area contributed by atoms with Gasteiger partial charge in [-0.2, -0.15) is 0 Å². The molecule has 358 valence electrons. The van der Waals surface area contributed by atoms with E-state index in [0.29, 0.717) is 57.4 Å². The highest BCUT2D eigenvalue weighted by Crippen LogP contribution is 2.28. The summed E-state index contributed by atoms with van der Waals surface area (Å²) >= 11 is 0. The predicted octanol–water partition coefficient (Wildman–Crippen LogP) is 10.4. The summed E-state index contributed by atoms with van der Waals surface area (Å²) in [5, 5.41) is 0. The Morgan fingerprint density at radius 1 is 0.433 bits per heavy atom. The molecular weight excluding hydrogens is 865 g/mol. The van der Waals surface area contributed by atoms with Crippen molar-refractivity contribution in [3.05, 3.63) is 133 Å². The van der Waals surface area contributed by atoms with Gasteiger partial charge in [-0.25, -0.2) is 28.8 Å². The van der Waals surface area contributed by atoms with Crippen LogP contribution in [-0.4, -0.2) is 75.5 Å². The number of carbonyl (C=O) groups is 6. The third kappa shape index (κ3) is 20.7. The lowest BCUT2D eigenvalue weighted by molar-refractivity contribution is -0.138. The molecule has 1 aromatic heterocycles. The molecule has 0 unspecified atom stereocenters. The lowest BCUT2D eigenvalue weighted by Gasteiger charge is -2.13. The van der Waals surface area contributed by atoms with E-state index in [1.165, 1.54) is 24.5 Å². The summed E-state index contributed by atoms with van der Waals surface area (Å²) < 4.78 is 48.7. The zero-order valence-electron chi connectivity index (χ0n) is 37.9. The molecule has 0 aliphatic heterocycles. The first-order chi connectivity index (χ1) is 32.7. The number of esters is 6. The largest absolute Gasteiger partial charge is 0.494 e. The minimum absolute atomic E-state index is 0.0313. The zero-order valence-corrected chi connectivity index (χ0v) is 37.9. The molecule has 0 atom stereocenters. The number of ether oxygens (including phenoxy) is 8. The van der Waals surface area contributed by atoms with Gasteiger partial charge in [0.2, 0.25) is 5.76 Å². The van der Waals surface area contributed by atoms with Gasteiger partial charge in [-0.3, -0.25) is 0 Å².